The average molecular weight is 228 g/mol. The minimum atomic E-state index is -0.329. The number of methoxy groups -OCH3 is 1. The van der Waals surface area contributed by atoms with Gasteiger partial charge in [-0.25, -0.2) is 4.79 Å². The van der Waals surface area contributed by atoms with E-state index in [2.05, 4.69) is 10.5 Å². The van der Waals surface area contributed by atoms with Gasteiger partial charge in [0.1, 0.15) is 0 Å². The van der Waals surface area contributed by atoms with Gasteiger partial charge in [0.2, 0.25) is 0 Å². The molecule has 1 aromatic rings. The Kier molecular flexibility index (Phi) is 4.99. The molecule has 0 radical (unpaired) electrons. The number of benzene rings is 1. The predicted molar refractivity (Wildman–Crippen MR) is 69.6 cm³/mol. The van der Waals surface area contributed by atoms with Gasteiger partial charge < -0.3 is 4.74 Å². The highest BCUT2D eigenvalue weighted by molar-refractivity contribution is 5.98. The summed E-state index contributed by atoms with van der Waals surface area (Å²) in [5, 5.41) is 1.95. The maximum atomic E-state index is 11.4. The summed E-state index contributed by atoms with van der Waals surface area (Å²) in [6.07, 6.45) is 5.23. The van der Waals surface area contributed by atoms with Crippen LogP contribution in [0.15, 0.2) is 42.0 Å². The molecule has 2 heteroatoms. The van der Waals surface area contributed by atoms with Gasteiger partial charge in [-0.05, 0) is 29.5 Å². The van der Waals surface area contributed by atoms with Gasteiger partial charge in [0, 0.05) is 5.22 Å². The summed E-state index contributed by atoms with van der Waals surface area (Å²) in [7, 11) is 1.38. The van der Waals surface area contributed by atoms with Crippen molar-refractivity contribution in [1.29, 1.82) is 0 Å². The molecule has 0 bridgehead atoms. The molecule has 0 unspecified atom stereocenters. The highest BCUT2D eigenvalue weighted by Gasteiger charge is 2.05. The van der Waals surface area contributed by atoms with Crippen LogP contribution < -0.4 is 10.4 Å². The quantitative estimate of drug-likeness (QED) is 0.682. The second kappa shape index (κ2) is 6.51. The monoisotopic (exact) mass is 228 g/mol. The summed E-state index contributed by atoms with van der Waals surface area (Å²) >= 11 is 0. The molecule has 1 aromatic carbocycles. The highest BCUT2D eigenvalue weighted by Crippen LogP contribution is 2.00. The Bertz CT molecular complexity index is 573. The predicted octanol–water partition coefficient (Wildman–Crippen LogP) is 1.54. The molecule has 17 heavy (non-hydrogen) atoms. The first-order valence-electron chi connectivity index (χ1n) is 5.63. The summed E-state index contributed by atoms with van der Waals surface area (Å²) in [6.45, 7) is 4.00. The third-order valence-corrected chi connectivity index (χ3v) is 2.19. The van der Waals surface area contributed by atoms with Crippen LogP contribution in [0.3, 0.4) is 0 Å². The molecule has 0 aliphatic heterocycles. The Hall–Kier alpha value is -2.05. The van der Waals surface area contributed by atoms with Crippen LogP contribution in [0.4, 0.5) is 0 Å². The van der Waals surface area contributed by atoms with Crippen molar-refractivity contribution >= 4 is 17.8 Å². The Labute approximate surface area is 101 Å². The van der Waals surface area contributed by atoms with E-state index in [1.807, 2.05) is 38.1 Å². The lowest BCUT2D eigenvalue weighted by atomic mass is 10.2. The average Bonchev–Trinajstić information content (AvgIpc) is 2.62. The van der Waals surface area contributed by atoms with Crippen molar-refractivity contribution in [3.05, 3.63) is 52.4 Å². The maximum absolute atomic E-state index is 11.4. The van der Waals surface area contributed by atoms with E-state index in [1.54, 1.807) is 18.2 Å². The molecule has 2 rings (SSSR count). The van der Waals surface area contributed by atoms with Gasteiger partial charge in [-0.15, -0.1) is 5.73 Å². The molecule has 0 heterocycles. The fourth-order valence-electron chi connectivity index (χ4n) is 1.44. The van der Waals surface area contributed by atoms with E-state index in [1.165, 1.54) is 7.11 Å². The van der Waals surface area contributed by atoms with Crippen LogP contribution in [-0.2, 0) is 9.53 Å². The van der Waals surface area contributed by atoms with Gasteiger partial charge in [-0.2, -0.15) is 0 Å². The second-order valence-electron chi connectivity index (χ2n) is 3.16. The third-order valence-electron chi connectivity index (χ3n) is 2.19. The molecule has 0 spiro atoms. The van der Waals surface area contributed by atoms with Crippen molar-refractivity contribution in [2.75, 3.05) is 7.11 Å². The van der Waals surface area contributed by atoms with Crippen molar-refractivity contribution in [1.82, 2.24) is 0 Å². The van der Waals surface area contributed by atoms with Gasteiger partial charge in [0.25, 0.3) is 0 Å². The van der Waals surface area contributed by atoms with Crippen LogP contribution in [0.2, 0.25) is 0 Å². The number of hydrogen-bond donors (Lipinski definition) is 0. The maximum Gasteiger partial charge on any atom is 0.337 e. The van der Waals surface area contributed by atoms with Crippen molar-refractivity contribution < 1.29 is 9.53 Å². The molecule has 1 aliphatic carbocycles. The summed E-state index contributed by atoms with van der Waals surface area (Å²) in [4.78, 5) is 11.4. The van der Waals surface area contributed by atoms with E-state index in [-0.39, 0.29) is 5.97 Å². The van der Waals surface area contributed by atoms with E-state index < -0.39 is 0 Å². The van der Waals surface area contributed by atoms with Crippen LogP contribution in [0.25, 0.3) is 11.8 Å². The number of allylic oxidation sites excluding steroid dienone is 2. The zero-order chi connectivity index (χ0) is 12.7. The zero-order valence-corrected chi connectivity index (χ0v) is 10.4. The van der Waals surface area contributed by atoms with E-state index in [9.17, 15) is 4.79 Å². The normalized spacial score (nSPS) is 11.6. The summed E-state index contributed by atoms with van der Waals surface area (Å²) in [5.41, 5.74) is 3.63. The topological polar surface area (TPSA) is 26.3 Å². The summed E-state index contributed by atoms with van der Waals surface area (Å²) in [6, 6.07) is 7.77. The molecule has 0 fully saturated rings. The molecule has 88 valence electrons. The minimum absolute atomic E-state index is 0.329. The van der Waals surface area contributed by atoms with E-state index >= 15 is 0 Å². The SMILES string of the molecule is CC.COC(=O)C1=CC=C=c2ccccc2=C1. The number of hydrogen-bond acceptors (Lipinski definition) is 2. The molecule has 1 aliphatic rings. The van der Waals surface area contributed by atoms with Crippen LogP contribution in [0, 0.1) is 0 Å². The molecule has 0 aromatic heterocycles. The number of carbonyl (C=O) groups is 1. The number of fused-ring (bicyclic) bond motifs is 1. The standard InChI is InChI=1S/C13H10O2.C2H6/c1-15-13(14)12-8-4-7-10-5-2-3-6-11(10)9-12;1-2/h2-6,8-9H,1H3;1-2H3. The first-order valence-corrected chi connectivity index (χ1v) is 5.63. The number of ether oxygens (including phenoxy) is 1. The van der Waals surface area contributed by atoms with Crippen LogP contribution >= 0.6 is 0 Å². The number of carbonyl (C=O) groups excluding carboxylic acids is 1. The van der Waals surface area contributed by atoms with Gasteiger partial charge >= 0.3 is 5.97 Å². The Morgan fingerprint density at radius 1 is 1.24 bits per heavy atom. The second-order valence-corrected chi connectivity index (χ2v) is 3.16. The fourth-order valence-corrected chi connectivity index (χ4v) is 1.44. The van der Waals surface area contributed by atoms with Crippen molar-refractivity contribution in [2.45, 2.75) is 13.8 Å². The van der Waals surface area contributed by atoms with E-state index in [0.717, 1.165) is 10.4 Å². The molecule has 2 nitrogen and oxygen atoms in total. The van der Waals surface area contributed by atoms with Crippen molar-refractivity contribution in [3.63, 3.8) is 0 Å². The van der Waals surface area contributed by atoms with Crippen LogP contribution in [-0.4, -0.2) is 13.1 Å². The van der Waals surface area contributed by atoms with Gasteiger partial charge in [0.05, 0.1) is 12.7 Å². The van der Waals surface area contributed by atoms with Crippen molar-refractivity contribution in [3.8, 4) is 0 Å². The first kappa shape index (κ1) is 13.0. The lowest BCUT2D eigenvalue weighted by Crippen LogP contribution is -2.23. The molecular weight excluding hydrogens is 212 g/mol. The molecule has 0 N–H and O–H groups in total. The lowest BCUT2D eigenvalue weighted by Gasteiger charge is -1.97. The first-order chi connectivity index (χ1) is 8.31. The molecule has 0 amide bonds. The van der Waals surface area contributed by atoms with E-state index in [0.29, 0.717) is 5.57 Å². The smallest absolute Gasteiger partial charge is 0.337 e. The Balaban J connectivity index is 0.000000686. The minimum Gasteiger partial charge on any atom is -0.465 e. The Morgan fingerprint density at radius 3 is 2.65 bits per heavy atom. The molecule has 0 atom stereocenters. The fraction of sp³-hybridized carbons (Fsp3) is 0.200. The van der Waals surface area contributed by atoms with Gasteiger partial charge in [-0.3, -0.25) is 0 Å². The third kappa shape index (κ3) is 3.20. The zero-order valence-electron chi connectivity index (χ0n) is 10.4. The summed E-state index contributed by atoms with van der Waals surface area (Å²) < 4.78 is 4.67. The number of rotatable bonds is 1. The largest absolute Gasteiger partial charge is 0.465 e. The molecular formula is C15H16O2. The van der Waals surface area contributed by atoms with Gasteiger partial charge in [-0.1, -0.05) is 32.0 Å². The Morgan fingerprint density at radius 2 is 1.94 bits per heavy atom. The van der Waals surface area contributed by atoms with Gasteiger partial charge in [0.15, 0.2) is 0 Å². The number of esters is 1. The van der Waals surface area contributed by atoms with E-state index in [4.69, 9.17) is 0 Å². The summed E-state index contributed by atoms with van der Waals surface area (Å²) in [5.74, 6) is -0.329. The molecule has 0 saturated carbocycles. The lowest BCUT2D eigenvalue weighted by molar-refractivity contribution is -0.135. The van der Waals surface area contributed by atoms with Crippen LogP contribution in [0.5, 0.6) is 0 Å². The van der Waals surface area contributed by atoms with Crippen LogP contribution in [0.1, 0.15) is 13.8 Å². The molecule has 0 saturated heterocycles. The van der Waals surface area contributed by atoms with Crippen molar-refractivity contribution in [2.24, 2.45) is 0 Å². The highest BCUT2D eigenvalue weighted by atomic mass is 16.5.